The lowest BCUT2D eigenvalue weighted by Crippen LogP contribution is -2.20. The fraction of sp³-hybridized carbons (Fsp3) is 0.294. The molecule has 0 fully saturated rings. The fourth-order valence-corrected chi connectivity index (χ4v) is 2.86. The van der Waals surface area contributed by atoms with Gasteiger partial charge in [-0.05, 0) is 55.3 Å². The van der Waals surface area contributed by atoms with Crippen molar-refractivity contribution in [2.45, 2.75) is 19.4 Å². The molecule has 1 atom stereocenters. The molecule has 1 unspecified atom stereocenters. The highest BCUT2D eigenvalue weighted by Crippen LogP contribution is 2.27. The Kier molecular flexibility index (Phi) is 5.21. The number of benzene rings is 2. The molecule has 2 rings (SSSR count). The molecule has 0 saturated heterocycles. The molecule has 0 aliphatic heterocycles. The van der Waals surface area contributed by atoms with Crippen LogP contribution in [-0.4, -0.2) is 14.2 Å². The number of halogens is 1. The average molecular weight is 334 g/mol. The zero-order chi connectivity index (χ0) is 14.5. The lowest BCUT2D eigenvalue weighted by molar-refractivity contribution is 0.414. The summed E-state index contributed by atoms with van der Waals surface area (Å²) in [7, 11) is 3.70. The summed E-state index contributed by atoms with van der Waals surface area (Å²) >= 11 is 3.62. The molecule has 2 nitrogen and oxygen atoms in total. The normalized spacial score (nSPS) is 12.2. The topological polar surface area (TPSA) is 21.3 Å². The van der Waals surface area contributed by atoms with E-state index in [1.54, 1.807) is 7.11 Å². The van der Waals surface area contributed by atoms with Crippen LogP contribution in [0.25, 0.3) is 0 Å². The van der Waals surface area contributed by atoms with Crippen LogP contribution in [0.15, 0.2) is 46.9 Å². The van der Waals surface area contributed by atoms with Crippen LogP contribution in [0.4, 0.5) is 0 Å². The molecule has 1 N–H and O–H groups in total. The van der Waals surface area contributed by atoms with Crippen LogP contribution >= 0.6 is 15.9 Å². The molecule has 0 aliphatic rings. The molecule has 2 aromatic carbocycles. The number of rotatable bonds is 5. The summed E-state index contributed by atoms with van der Waals surface area (Å²) in [5.41, 5.74) is 3.86. The van der Waals surface area contributed by atoms with Gasteiger partial charge in [0, 0.05) is 10.5 Å². The van der Waals surface area contributed by atoms with E-state index in [9.17, 15) is 0 Å². The largest absolute Gasteiger partial charge is 0.497 e. The van der Waals surface area contributed by atoms with E-state index in [1.165, 1.54) is 16.7 Å². The first-order chi connectivity index (χ1) is 9.65. The third kappa shape index (κ3) is 3.41. The van der Waals surface area contributed by atoms with E-state index < -0.39 is 0 Å². The van der Waals surface area contributed by atoms with Crippen molar-refractivity contribution >= 4 is 15.9 Å². The van der Waals surface area contributed by atoms with Gasteiger partial charge in [-0.25, -0.2) is 0 Å². The summed E-state index contributed by atoms with van der Waals surface area (Å²) in [5.74, 6) is 0.905. The van der Waals surface area contributed by atoms with Gasteiger partial charge in [0.05, 0.1) is 7.11 Å². The van der Waals surface area contributed by atoms with Crippen molar-refractivity contribution in [3.63, 3.8) is 0 Å². The number of aryl methyl sites for hydroxylation is 1. The molecule has 0 aromatic heterocycles. The third-order valence-electron chi connectivity index (χ3n) is 3.58. The Balaban J connectivity index is 2.27. The van der Waals surface area contributed by atoms with Gasteiger partial charge in [0.2, 0.25) is 0 Å². The molecule has 0 radical (unpaired) electrons. The van der Waals surface area contributed by atoms with Gasteiger partial charge in [-0.3, -0.25) is 0 Å². The first-order valence-corrected chi connectivity index (χ1v) is 7.50. The van der Waals surface area contributed by atoms with Gasteiger partial charge in [0.15, 0.2) is 0 Å². The highest BCUT2D eigenvalue weighted by molar-refractivity contribution is 9.10. The molecule has 20 heavy (non-hydrogen) atoms. The number of likely N-dealkylation sites (N-methyl/N-ethyl adjacent to an activating group) is 1. The average Bonchev–Trinajstić information content (AvgIpc) is 2.47. The van der Waals surface area contributed by atoms with Crippen molar-refractivity contribution in [3.05, 3.63) is 63.6 Å². The van der Waals surface area contributed by atoms with Crippen LogP contribution in [0.1, 0.15) is 22.7 Å². The lowest BCUT2D eigenvalue weighted by atomic mass is 9.95. The summed E-state index contributed by atoms with van der Waals surface area (Å²) in [4.78, 5) is 0. The Hall–Kier alpha value is -1.32. The second-order valence-electron chi connectivity index (χ2n) is 4.86. The van der Waals surface area contributed by atoms with E-state index in [4.69, 9.17) is 4.74 Å². The van der Waals surface area contributed by atoms with Crippen LogP contribution in [-0.2, 0) is 6.42 Å². The van der Waals surface area contributed by atoms with Crippen LogP contribution in [0.3, 0.4) is 0 Å². The zero-order valence-corrected chi connectivity index (χ0v) is 13.7. The Morgan fingerprint density at radius 2 is 1.95 bits per heavy atom. The molecular weight excluding hydrogens is 314 g/mol. The minimum atomic E-state index is 0.291. The fourth-order valence-electron chi connectivity index (χ4n) is 2.42. The van der Waals surface area contributed by atoms with E-state index >= 15 is 0 Å². The van der Waals surface area contributed by atoms with Crippen LogP contribution in [0, 0.1) is 6.92 Å². The number of hydrogen-bond acceptors (Lipinski definition) is 2. The van der Waals surface area contributed by atoms with E-state index in [2.05, 4.69) is 58.5 Å². The SMILES string of the molecule is CNC(Cc1ccccc1Br)c1ccc(OC)cc1C. The van der Waals surface area contributed by atoms with Gasteiger partial charge in [-0.2, -0.15) is 0 Å². The van der Waals surface area contributed by atoms with Crippen molar-refractivity contribution in [2.24, 2.45) is 0 Å². The number of methoxy groups -OCH3 is 1. The standard InChI is InChI=1S/C17H20BrNO/c1-12-10-14(20-3)8-9-15(12)17(19-2)11-13-6-4-5-7-16(13)18/h4-10,17,19H,11H2,1-3H3. The maximum absolute atomic E-state index is 5.27. The molecule has 2 aromatic rings. The summed E-state index contributed by atoms with van der Waals surface area (Å²) in [5, 5.41) is 3.41. The monoisotopic (exact) mass is 333 g/mol. The van der Waals surface area contributed by atoms with Gasteiger partial charge in [0.1, 0.15) is 5.75 Å². The van der Waals surface area contributed by atoms with E-state index in [0.29, 0.717) is 6.04 Å². The molecule has 0 bridgehead atoms. The lowest BCUT2D eigenvalue weighted by Gasteiger charge is -2.20. The van der Waals surface area contributed by atoms with Gasteiger partial charge in [0.25, 0.3) is 0 Å². The van der Waals surface area contributed by atoms with Crippen molar-refractivity contribution < 1.29 is 4.74 Å². The Morgan fingerprint density at radius 3 is 2.55 bits per heavy atom. The smallest absolute Gasteiger partial charge is 0.119 e. The first kappa shape index (κ1) is 15.1. The van der Waals surface area contributed by atoms with Crippen LogP contribution in [0.5, 0.6) is 5.75 Å². The number of ether oxygens (including phenoxy) is 1. The Bertz CT molecular complexity index is 583. The van der Waals surface area contributed by atoms with Crippen LogP contribution < -0.4 is 10.1 Å². The molecule has 0 saturated carbocycles. The summed E-state index contributed by atoms with van der Waals surface area (Å²) in [6.45, 7) is 2.13. The summed E-state index contributed by atoms with van der Waals surface area (Å²) in [6, 6.07) is 14.9. The molecule has 0 spiro atoms. The van der Waals surface area contributed by atoms with Crippen LogP contribution in [0.2, 0.25) is 0 Å². The van der Waals surface area contributed by atoms with Crippen molar-refractivity contribution in [1.82, 2.24) is 5.32 Å². The Morgan fingerprint density at radius 1 is 1.20 bits per heavy atom. The number of nitrogens with one attached hydrogen (secondary N) is 1. The van der Waals surface area contributed by atoms with Crippen molar-refractivity contribution in [2.75, 3.05) is 14.2 Å². The molecular formula is C17H20BrNO. The maximum Gasteiger partial charge on any atom is 0.119 e. The number of hydrogen-bond donors (Lipinski definition) is 1. The zero-order valence-electron chi connectivity index (χ0n) is 12.1. The quantitative estimate of drug-likeness (QED) is 0.882. The summed E-state index contributed by atoms with van der Waals surface area (Å²) < 4.78 is 6.43. The molecule has 106 valence electrons. The second-order valence-corrected chi connectivity index (χ2v) is 5.71. The molecule has 3 heteroatoms. The predicted octanol–water partition coefficient (Wildman–Crippen LogP) is 4.27. The second kappa shape index (κ2) is 6.91. The minimum absolute atomic E-state index is 0.291. The summed E-state index contributed by atoms with van der Waals surface area (Å²) in [6.07, 6.45) is 0.949. The van der Waals surface area contributed by atoms with Crippen molar-refractivity contribution in [3.8, 4) is 5.75 Å². The van der Waals surface area contributed by atoms with E-state index in [1.807, 2.05) is 19.2 Å². The highest BCUT2D eigenvalue weighted by Gasteiger charge is 2.14. The molecule has 0 heterocycles. The highest BCUT2D eigenvalue weighted by atomic mass is 79.9. The van der Waals surface area contributed by atoms with Gasteiger partial charge in [-0.1, -0.05) is 40.2 Å². The van der Waals surface area contributed by atoms with Gasteiger partial charge < -0.3 is 10.1 Å². The van der Waals surface area contributed by atoms with Gasteiger partial charge in [-0.15, -0.1) is 0 Å². The van der Waals surface area contributed by atoms with Gasteiger partial charge >= 0.3 is 0 Å². The first-order valence-electron chi connectivity index (χ1n) is 6.71. The maximum atomic E-state index is 5.27. The Labute approximate surface area is 129 Å². The molecule has 0 aliphatic carbocycles. The van der Waals surface area contributed by atoms with Crippen molar-refractivity contribution in [1.29, 1.82) is 0 Å². The molecule has 0 amide bonds. The minimum Gasteiger partial charge on any atom is -0.497 e. The predicted molar refractivity (Wildman–Crippen MR) is 87.4 cm³/mol. The third-order valence-corrected chi connectivity index (χ3v) is 4.36. The van der Waals surface area contributed by atoms with E-state index in [0.717, 1.165) is 16.6 Å². The van der Waals surface area contributed by atoms with E-state index in [-0.39, 0.29) is 0 Å².